The minimum atomic E-state index is -0.815. The standard InChI is InChI=1S/C17H18O3/c1-12-3-4-13(2)16(9-12)20-11-15-7-5-14(6-8-15)10-17(18)19/h3-9H,10-11H2,1-2H3,(H,18,19). The molecule has 0 heterocycles. The summed E-state index contributed by atoms with van der Waals surface area (Å²) in [6.07, 6.45) is 0.0537. The summed E-state index contributed by atoms with van der Waals surface area (Å²) >= 11 is 0. The predicted octanol–water partition coefficient (Wildman–Crippen LogP) is 3.51. The van der Waals surface area contributed by atoms with Gasteiger partial charge in [0.1, 0.15) is 12.4 Å². The molecule has 3 nitrogen and oxygen atoms in total. The van der Waals surface area contributed by atoms with Crippen molar-refractivity contribution < 1.29 is 14.6 Å². The molecule has 2 rings (SSSR count). The van der Waals surface area contributed by atoms with Crippen LogP contribution in [0.25, 0.3) is 0 Å². The number of aliphatic carboxylic acids is 1. The highest BCUT2D eigenvalue weighted by atomic mass is 16.5. The highest BCUT2D eigenvalue weighted by Crippen LogP contribution is 2.20. The van der Waals surface area contributed by atoms with E-state index in [4.69, 9.17) is 9.84 Å². The van der Waals surface area contributed by atoms with Gasteiger partial charge in [-0.2, -0.15) is 0 Å². The molecular weight excluding hydrogens is 252 g/mol. The van der Waals surface area contributed by atoms with Crippen molar-refractivity contribution in [3.8, 4) is 5.75 Å². The molecule has 3 heteroatoms. The van der Waals surface area contributed by atoms with E-state index < -0.39 is 5.97 Å². The maximum absolute atomic E-state index is 10.6. The fourth-order valence-electron chi connectivity index (χ4n) is 1.95. The van der Waals surface area contributed by atoms with E-state index >= 15 is 0 Å². The van der Waals surface area contributed by atoms with Crippen LogP contribution in [0.1, 0.15) is 22.3 Å². The molecule has 0 aliphatic rings. The Bertz CT molecular complexity index is 600. The summed E-state index contributed by atoms with van der Waals surface area (Å²) in [5.41, 5.74) is 4.11. The summed E-state index contributed by atoms with van der Waals surface area (Å²) in [6, 6.07) is 13.6. The van der Waals surface area contributed by atoms with E-state index in [2.05, 4.69) is 6.07 Å². The number of hydrogen-bond donors (Lipinski definition) is 1. The quantitative estimate of drug-likeness (QED) is 0.904. The Morgan fingerprint density at radius 3 is 2.35 bits per heavy atom. The zero-order chi connectivity index (χ0) is 14.5. The van der Waals surface area contributed by atoms with Crippen LogP contribution in [0.4, 0.5) is 0 Å². The number of rotatable bonds is 5. The largest absolute Gasteiger partial charge is 0.489 e. The monoisotopic (exact) mass is 270 g/mol. The van der Waals surface area contributed by atoms with Crippen LogP contribution in [-0.2, 0) is 17.8 Å². The van der Waals surface area contributed by atoms with Crippen molar-refractivity contribution >= 4 is 5.97 Å². The summed E-state index contributed by atoms with van der Waals surface area (Å²) in [5, 5.41) is 8.72. The molecule has 0 amide bonds. The summed E-state index contributed by atoms with van der Waals surface area (Å²) in [7, 11) is 0. The predicted molar refractivity (Wildman–Crippen MR) is 78.0 cm³/mol. The van der Waals surface area contributed by atoms with Crippen molar-refractivity contribution in [1.29, 1.82) is 0 Å². The molecule has 20 heavy (non-hydrogen) atoms. The van der Waals surface area contributed by atoms with Crippen molar-refractivity contribution in [3.05, 3.63) is 64.7 Å². The third kappa shape index (κ3) is 3.85. The molecule has 0 unspecified atom stereocenters. The smallest absolute Gasteiger partial charge is 0.307 e. The van der Waals surface area contributed by atoms with E-state index in [9.17, 15) is 4.79 Å². The first-order valence-electron chi connectivity index (χ1n) is 6.54. The topological polar surface area (TPSA) is 46.5 Å². The van der Waals surface area contributed by atoms with E-state index in [0.717, 1.165) is 22.4 Å². The van der Waals surface area contributed by atoms with Gasteiger partial charge in [0.2, 0.25) is 0 Å². The SMILES string of the molecule is Cc1ccc(C)c(OCc2ccc(CC(=O)O)cc2)c1. The number of hydrogen-bond acceptors (Lipinski definition) is 2. The average Bonchev–Trinajstić information content (AvgIpc) is 2.41. The van der Waals surface area contributed by atoms with Gasteiger partial charge in [-0.25, -0.2) is 0 Å². The second kappa shape index (κ2) is 6.24. The van der Waals surface area contributed by atoms with E-state index in [0.29, 0.717) is 6.61 Å². The van der Waals surface area contributed by atoms with Crippen LogP contribution in [0, 0.1) is 13.8 Å². The molecule has 0 aromatic heterocycles. The van der Waals surface area contributed by atoms with Gasteiger partial charge in [-0.05, 0) is 42.2 Å². The number of carboxylic acids is 1. The second-order valence-corrected chi connectivity index (χ2v) is 4.94. The van der Waals surface area contributed by atoms with Crippen molar-refractivity contribution in [3.63, 3.8) is 0 Å². The van der Waals surface area contributed by atoms with Crippen LogP contribution in [0.3, 0.4) is 0 Å². The Kier molecular flexibility index (Phi) is 4.41. The van der Waals surface area contributed by atoms with Crippen molar-refractivity contribution in [1.82, 2.24) is 0 Å². The molecule has 0 bridgehead atoms. The molecule has 0 atom stereocenters. The lowest BCUT2D eigenvalue weighted by molar-refractivity contribution is -0.136. The summed E-state index contributed by atoms with van der Waals surface area (Å²) < 4.78 is 5.81. The molecule has 2 aromatic carbocycles. The van der Waals surface area contributed by atoms with Gasteiger partial charge in [0.25, 0.3) is 0 Å². The number of aryl methyl sites for hydroxylation is 2. The van der Waals surface area contributed by atoms with Crippen molar-refractivity contribution in [2.45, 2.75) is 26.9 Å². The molecular formula is C17H18O3. The Morgan fingerprint density at radius 1 is 1.05 bits per heavy atom. The zero-order valence-corrected chi connectivity index (χ0v) is 11.7. The van der Waals surface area contributed by atoms with Crippen LogP contribution in [-0.4, -0.2) is 11.1 Å². The van der Waals surface area contributed by atoms with Gasteiger partial charge in [-0.15, -0.1) is 0 Å². The van der Waals surface area contributed by atoms with Crippen LogP contribution in [0.5, 0.6) is 5.75 Å². The second-order valence-electron chi connectivity index (χ2n) is 4.94. The van der Waals surface area contributed by atoms with Gasteiger partial charge in [0.15, 0.2) is 0 Å². The molecule has 0 radical (unpaired) electrons. The first-order valence-corrected chi connectivity index (χ1v) is 6.54. The van der Waals surface area contributed by atoms with Crippen LogP contribution < -0.4 is 4.74 Å². The molecule has 1 N–H and O–H groups in total. The maximum Gasteiger partial charge on any atom is 0.307 e. The summed E-state index contributed by atoms with van der Waals surface area (Å²) in [6.45, 7) is 4.54. The highest BCUT2D eigenvalue weighted by Gasteiger charge is 2.03. The molecule has 0 fully saturated rings. The van der Waals surface area contributed by atoms with E-state index in [-0.39, 0.29) is 6.42 Å². The molecule has 0 saturated heterocycles. The van der Waals surface area contributed by atoms with Crippen molar-refractivity contribution in [2.24, 2.45) is 0 Å². The average molecular weight is 270 g/mol. The highest BCUT2D eigenvalue weighted by molar-refractivity contribution is 5.70. The number of ether oxygens (including phenoxy) is 1. The molecule has 2 aromatic rings. The molecule has 0 aliphatic heterocycles. The van der Waals surface area contributed by atoms with Gasteiger partial charge in [-0.3, -0.25) is 4.79 Å². The lowest BCUT2D eigenvalue weighted by Crippen LogP contribution is -2.01. The lowest BCUT2D eigenvalue weighted by Gasteiger charge is -2.10. The number of carboxylic acid groups (broad SMARTS) is 1. The molecule has 0 spiro atoms. The Morgan fingerprint density at radius 2 is 1.70 bits per heavy atom. The zero-order valence-electron chi connectivity index (χ0n) is 11.7. The van der Waals surface area contributed by atoms with Gasteiger partial charge < -0.3 is 9.84 Å². The van der Waals surface area contributed by atoms with Crippen LogP contribution >= 0.6 is 0 Å². The minimum Gasteiger partial charge on any atom is -0.489 e. The Balaban J connectivity index is 2.00. The summed E-state index contributed by atoms with van der Waals surface area (Å²) in [5.74, 6) is 0.0731. The third-order valence-corrected chi connectivity index (χ3v) is 3.12. The first kappa shape index (κ1) is 14.1. The number of carbonyl (C=O) groups is 1. The Hall–Kier alpha value is -2.29. The van der Waals surface area contributed by atoms with E-state index in [1.165, 1.54) is 5.56 Å². The van der Waals surface area contributed by atoms with Crippen LogP contribution in [0.15, 0.2) is 42.5 Å². The van der Waals surface area contributed by atoms with Gasteiger partial charge >= 0.3 is 5.97 Å². The lowest BCUT2D eigenvalue weighted by atomic mass is 10.1. The van der Waals surface area contributed by atoms with Crippen molar-refractivity contribution in [2.75, 3.05) is 0 Å². The van der Waals surface area contributed by atoms with E-state index in [1.807, 2.05) is 50.2 Å². The fraction of sp³-hybridized carbons (Fsp3) is 0.235. The normalized spacial score (nSPS) is 10.3. The minimum absolute atomic E-state index is 0.0537. The maximum atomic E-state index is 10.6. The van der Waals surface area contributed by atoms with Gasteiger partial charge in [0, 0.05) is 0 Å². The van der Waals surface area contributed by atoms with Gasteiger partial charge in [0.05, 0.1) is 6.42 Å². The Labute approximate surface area is 118 Å². The summed E-state index contributed by atoms with van der Waals surface area (Å²) in [4.78, 5) is 10.6. The fourth-order valence-corrected chi connectivity index (χ4v) is 1.95. The van der Waals surface area contributed by atoms with Crippen LogP contribution in [0.2, 0.25) is 0 Å². The molecule has 104 valence electrons. The first-order chi connectivity index (χ1) is 9.54. The van der Waals surface area contributed by atoms with E-state index in [1.54, 1.807) is 0 Å². The number of benzene rings is 2. The molecule has 0 saturated carbocycles. The third-order valence-electron chi connectivity index (χ3n) is 3.12. The van der Waals surface area contributed by atoms with Gasteiger partial charge in [-0.1, -0.05) is 36.4 Å². The molecule has 0 aliphatic carbocycles.